The molecule has 8 atom stereocenters. The Bertz CT molecular complexity index is 1410. The fourth-order valence-electron chi connectivity index (χ4n) is 4.52. The first-order valence-electron chi connectivity index (χ1n) is 12.2. The predicted octanol–water partition coefficient (Wildman–Crippen LogP) is -1.84. The molecule has 40 heavy (non-hydrogen) atoms. The number of ether oxygens (including phenoxy) is 4. The molecule has 14 nitrogen and oxygen atoms in total. The maximum absolute atomic E-state index is 13.2. The monoisotopic (exact) mass is 564 g/mol. The zero-order valence-electron chi connectivity index (χ0n) is 20.7. The van der Waals surface area contributed by atoms with Crippen LogP contribution in [0, 0.1) is 0 Å². The van der Waals surface area contributed by atoms with Crippen LogP contribution in [0.25, 0.3) is 22.1 Å². The van der Waals surface area contributed by atoms with E-state index in [1.54, 1.807) is 0 Å². The molecule has 5 rings (SSSR count). The summed E-state index contributed by atoms with van der Waals surface area (Å²) in [5.74, 6) is -0.342. The van der Waals surface area contributed by atoms with Crippen LogP contribution in [-0.4, -0.2) is 109 Å². The molecular formula is C26H28O14. The molecule has 216 valence electrons. The second-order valence-electron chi connectivity index (χ2n) is 9.64. The van der Waals surface area contributed by atoms with Crippen LogP contribution in [0.1, 0.15) is 0 Å². The Hall–Kier alpha value is -3.31. The molecule has 2 aromatic carbocycles. The number of rotatable bonds is 7. The van der Waals surface area contributed by atoms with Gasteiger partial charge in [0.1, 0.15) is 70.6 Å². The van der Waals surface area contributed by atoms with Gasteiger partial charge < -0.3 is 64.2 Å². The molecule has 0 bridgehead atoms. The van der Waals surface area contributed by atoms with Crippen LogP contribution in [0.3, 0.4) is 0 Å². The van der Waals surface area contributed by atoms with Crippen molar-refractivity contribution in [2.24, 2.45) is 0 Å². The summed E-state index contributed by atoms with van der Waals surface area (Å²) >= 11 is 0. The Kier molecular flexibility index (Phi) is 7.71. The van der Waals surface area contributed by atoms with Gasteiger partial charge in [-0.1, -0.05) is 12.1 Å². The summed E-state index contributed by atoms with van der Waals surface area (Å²) in [7, 11) is 0. The number of hydrogen-bond acceptors (Lipinski definition) is 14. The van der Waals surface area contributed by atoms with Crippen LogP contribution >= 0.6 is 0 Å². The lowest BCUT2D eigenvalue weighted by atomic mass is 9.99. The quantitative estimate of drug-likeness (QED) is 0.158. The van der Waals surface area contributed by atoms with Gasteiger partial charge in [-0.05, 0) is 17.7 Å². The Labute approximate surface area is 225 Å². The molecule has 14 heteroatoms. The van der Waals surface area contributed by atoms with Gasteiger partial charge in [0.15, 0.2) is 0 Å². The predicted molar refractivity (Wildman–Crippen MR) is 132 cm³/mol. The number of aliphatic hydroxyl groups is 7. The van der Waals surface area contributed by atoms with Crippen molar-refractivity contribution in [1.29, 1.82) is 0 Å². The van der Waals surface area contributed by atoms with Crippen molar-refractivity contribution in [2.75, 3.05) is 19.8 Å². The molecule has 8 N–H and O–H groups in total. The SMILES string of the molecule is O=c1c(-c2ccc(O[C@@H]3OC[C@](O)(CO)[C@H]3O)cc2)coc2cc(O[C@@H]3O[C@H](CO)[C@@H](O)[C@H](O)[C@H]3O)cc(O)c12. The number of hydrogen-bond donors (Lipinski definition) is 8. The fourth-order valence-corrected chi connectivity index (χ4v) is 4.52. The van der Waals surface area contributed by atoms with Crippen molar-refractivity contribution in [3.8, 4) is 28.4 Å². The number of aromatic hydroxyl groups is 1. The van der Waals surface area contributed by atoms with Crippen LogP contribution < -0.4 is 14.9 Å². The Morgan fingerprint density at radius 3 is 2.27 bits per heavy atom. The van der Waals surface area contributed by atoms with Gasteiger partial charge in [-0.25, -0.2) is 0 Å². The van der Waals surface area contributed by atoms with Gasteiger partial charge in [0.2, 0.25) is 18.0 Å². The third-order valence-electron chi connectivity index (χ3n) is 6.93. The zero-order valence-corrected chi connectivity index (χ0v) is 20.7. The largest absolute Gasteiger partial charge is 0.507 e. The van der Waals surface area contributed by atoms with Gasteiger partial charge >= 0.3 is 0 Å². The van der Waals surface area contributed by atoms with E-state index >= 15 is 0 Å². The van der Waals surface area contributed by atoms with Crippen LogP contribution in [-0.2, 0) is 9.47 Å². The minimum Gasteiger partial charge on any atom is -0.507 e. The number of aliphatic hydroxyl groups excluding tert-OH is 6. The van der Waals surface area contributed by atoms with Crippen molar-refractivity contribution in [3.05, 3.63) is 52.9 Å². The Morgan fingerprint density at radius 2 is 1.62 bits per heavy atom. The Morgan fingerprint density at radius 1 is 0.925 bits per heavy atom. The summed E-state index contributed by atoms with van der Waals surface area (Å²) in [6.07, 6.45) is -9.16. The van der Waals surface area contributed by atoms with E-state index in [9.17, 15) is 45.6 Å². The van der Waals surface area contributed by atoms with E-state index in [0.29, 0.717) is 5.56 Å². The zero-order chi connectivity index (χ0) is 28.8. The molecule has 0 spiro atoms. The molecule has 3 aromatic rings. The van der Waals surface area contributed by atoms with Crippen molar-refractivity contribution >= 4 is 11.0 Å². The fraction of sp³-hybridized carbons (Fsp3) is 0.423. The van der Waals surface area contributed by atoms with Crippen molar-refractivity contribution in [3.63, 3.8) is 0 Å². The average molecular weight is 564 g/mol. The lowest BCUT2D eigenvalue weighted by Crippen LogP contribution is -2.60. The van der Waals surface area contributed by atoms with Crippen LogP contribution in [0.5, 0.6) is 17.2 Å². The summed E-state index contributed by atoms with van der Waals surface area (Å²) in [5, 5.41) is 79.3. The second kappa shape index (κ2) is 10.9. The van der Waals surface area contributed by atoms with Gasteiger partial charge in [-0.2, -0.15) is 0 Å². The molecule has 2 aliphatic heterocycles. The molecule has 3 heterocycles. The van der Waals surface area contributed by atoms with E-state index in [-0.39, 0.29) is 34.6 Å². The van der Waals surface area contributed by atoms with E-state index < -0.39 is 73.1 Å². The summed E-state index contributed by atoms with van der Waals surface area (Å²) in [6, 6.07) is 8.38. The van der Waals surface area contributed by atoms with E-state index in [0.717, 1.165) is 6.07 Å². The highest BCUT2D eigenvalue weighted by Gasteiger charge is 2.49. The third-order valence-corrected chi connectivity index (χ3v) is 6.93. The molecule has 0 amide bonds. The van der Waals surface area contributed by atoms with E-state index in [4.69, 9.17) is 23.4 Å². The lowest BCUT2D eigenvalue weighted by molar-refractivity contribution is -0.277. The van der Waals surface area contributed by atoms with E-state index in [1.165, 1.54) is 36.6 Å². The second-order valence-corrected chi connectivity index (χ2v) is 9.64. The maximum atomic E-state index is 13.2. The van der Waals surface area contributed by atoms with Gasteiger partial charge in [-0.3, -0.25) is 4.79 Å². The number of phenolic OH excluding ortho intramolecular Hbond substituents is 1. The standard InChI is InChI=1S/C26H28O14/c27-7-17-20(31)21(32)22(33)24(40-17)39-13-5-15(29)18-16(6-13)36-8-14(19(18)30)11-1-3-12(4-2-11)38-25-23(34)26(35,9-28)10-37-25/h1-6,8,17,20-25,27-29,31-35H,7,9-10H2/t17-,20-,21+,22-,23+,24-,25+,26-/m1/s1. The summed E-state index contributed by atoms with van der Waals surface area (Å²) in [5.41, 5.74) is -1.96. The molecule has 0 unspecified atom stereocenters. The summed E-state index contributed by atoms with van der Waals surface area (Å²) in [4.78, 5) is 13.2. The van der Waals surface area contributed by atoms with Gasteiger partial charge in [0, 0.05) is 12.1 Å². The van der Waals surface area contributed by atoms with Crippen LogP contribution in [0.2, 0.25) is 0 Å². The molecular weight excluding hydrogens is 536 g/mol. The molecule has 1 aromatic heterocycles. The Balaban J connectivity index is 1.35. The van der Waals surface area contributed by atoms with Crippen molar-refractivity contribution < 1.29 is 64.2 Å². The smallest absolute Gasteiger partial charge is 0.229 e. The minimum atomic E-state index is -1.84. The number of benzene rings is 2. The summed E-state index contributed by atoms with van der Waals surface area (Å²) < 4.78 is 27.1. The third kappa shape index (κ3) is 5.01. The van der Waals surface area contributed by atoms with Crippen LogP contribution in [0.4, 0.5) is 0 Å². The highest BCUT2D eigenvalue weighted by atomic mass is 16.7. The first kappa shape index (κ1) is 28.2. The summed E-state index contributed by atoms with van der Waals surface area (Å²) in [6.45, 7) is -1.68. The van der Waals surface area contributed by atoms with Gasteiger partial charge in [0.25, 0.3) is 0 Å². The number of fused-ring (bicyclic) bond motifs is 1. The lowest BCUT2D eigenvalue weighted by Gasteiger charge is -2.39. The maximum Gasteiger partial charge on any atom is 0.229 e. The average Bonchev–Trinajstić information content (AvgIpc) is 3.23. The van der Waals surface area contributed by atoms with Crippen molar-refractivity contribution in [2.45, 2.75) is 48.7 Å². The number of phenols is 1. The first-order valence-corrected chi connectivity index (χ1v) is 12.2. The molecule has 0 aliphatic carbocycles. The molecule has 2 saturated heterocycles. The molecule has 2 aliphatic rings. The first-order chi connectivity index (χ1) is 19.1. The molecule has 0 radical (unpaired) electrons. The molecule has 2 fully saturated rings. The molecule has 0 saturated carbocycles. The minimum absolute atomic E-state index is 0.0583. The van der Waals surface area contributed by atoms with E-state index in [1.807, 2.05) is 0 Å². The van der Waals surface area contributed by atoms with Crippen molar-refractivity contribution in [1.82, 2.24) is 0 Å². The highest BCUT2D eigenvalue weighted by molar-refractivity contribution is 5.88. The van der Waals surface area contributed by atoms with Crippen LogP contribution in [0.15, 0.2) is 51.9 Å². The normalized spacial score (nSPS) is 32.3. The van der Waals surface area contributed by atoms with E-state index in [2.05, 4.69) is 0 Å². The topological polar surface area (TPSA) is 229 Å². The van der Waals surface area contributed by atoms with Gasteiger partial charge in [0.05, 0.1) is 25.4 Å². The highest BCUT2D eigenvalue weighted by Crippen LogP contribution is 2.33. The van der Waals surface area contributed by atoms with Gasteiger partial charge in [-0.15, -0.1) is 0 Å².